The van der Waals surface area contributed by atoms with Crippen molar-refractivity contribution in [3.63, 3.8) is 0 Å². The molecule has 0 fully saturated rings. The molecular formula is C17H18Cl2N2O4. The first-order chi connectivity index (χ1) is 11.9. The van der Waals surface area contributed by atoms with E-state index in [1.54, 1.807) is 31.3 Å². The van der Waals surface area contributed by atoms with Crippen molar-refractivity contribution in [2.75, 3.05) is 20.2 Å². The Hall–Kier alpha value is -1.86. The van der Waals surface area contributed by atoms with E-state index in [2.05, 4.69) is 0 Å². The largest absolute Gasteiger partial charge is 0.489 e. The number of nitro benzene ring substituents is 1. The van der Waals surface area contributed by atoms with Crippen molar-refractivity contribution < 1.29 is 14.8 Å². The molecule has 2 rings (SSSR count). The second-order valence-electron chi connectivity index (χ2n) is 5.62. The number of para-hydroxylation sites is 1. The first-order valence-corrected chi connectivity index (χ1v) is 8.29. The Morgan fingerprint density at radius 2 is 1.96 bits per heavy atom. The van der Waals surface area contributed by atoms with Crippen molar-refractivity contribution in [1.29, 1.82) is 0 Å². The molecule has 0 heterocycles. The maximum absolute atomic E-state index is 10.9. The minimum Gasteiger partial charge on any atom is -0.489 e. The Bertz CT molecular complexity index is 742. The lowest BCUT2D eigenvalue weighted by Gasteiger charge is -2.21. The van der Waals surface area contributed by atoms with Gasteiger partial charge in [-0.3, -0.25) is 15.0 Å². The molecule has 0 aliphatic carbocycles. The fourth-order valence-corrected chi connectivity index (χ4v) is 2.68. The summed E-state index contributed by atoms with van der Waals surface area (Å²) in [5.74, 6) is 0.507. The number of ether oxygens (including phenoxy) is 1. The summed E-state index contributed by atoms with van der Waals surface area (Å²) >= 11 is 12.1. The van der Waals surface area contributed by atoms with Crippen LogP contribution in [0.2, 0.25) is 10.0 Å². The van der Waals surface area contributed by atoms with Gasteiger partial charge in [0.05, 0.1) is 9.95 Å². The molecular weight excluding hydrogens is 367 g/mol. The van der Waals surface area contributed by atoms with Crippen LogP contribution in [0.5, 0.6) is 5.75 Å². The van der Waals surface area contributed by atoms with E-state index in [1.165, 1.54) is 18.2 Å². The molecule has 134 valence electrons. The fraction of sp³-hybridized carbons (Fsp3) is 0.294. The summed E-state index contributed by atoms with van der Waals surface area (Å²) in [5.41, 5.74) is 0.605. The van der Waals surface area contributed by atoms with Crippen LogP contribution in [0.25, 0.3) is 0 Å². The van der Waals surface area contributed by atoms with Crippen molar-refractivity contribution in [3.05, 3.63) is 68.2 Å². The lowest BCUT2D eigenvalue weighted by Crippen LogP contribution is -2.32. The average molecular weight is 385 g/mol. The van der Waals surface area contributed by atoms with E-state index < -0.39 is 11.0 Å². The summed E-state index contributed by atoms with van der Waals surface area (Å²) in [6.07, 6.45) is -0.751. The Morgan fingerprint density at radius 3 is 2.64 bits per heavy atom. The molecule has 0 spiro atoms. The molecule has 0 amide bonds. The van der Waals surface area contributed by atoms with Crippen molar-refractivity contribution in [2.24, 2.45) is 0 Å². The quantitative estimate of drug-likeness (QED) is 0.553. The number of nitrogens with zero attached hydrogens (tertiary/aromatic N) is 2. The van der Waals surface area contributed by atoms with Crippen LogP contribution in [0, 0.1) is 10.1 Å². The molecule has 0 aliphatic rings. The summed E-state index contributed by atoms with van der Waals surface area (Å²) in [7, 11) is 1.79. The van der Waals surface area contributed by atoms with E-state index in [0.29, 0.717) is 34.4 Å². The second kappa shape index (κ2) is 9.01. The molecule has 0 saturated carbocycles. The highest BCUT2D eigenvalue weighted by Crippen LogP contribution is 2.24. The number of likely N-dealkylation sites (N-methyl/N-ethyl adjacent to an activating group) is 1. The molecule has 8 heteroatoms. The van der Waals surface area contributed by atoms with E-state index in [9.17, 15) is 15.2 Å². The molecule has 0 radical (unpaired) electrons. The van der Waals surface area contributed by atoms with Gasteiger partial charge < -0.3 is 9.84 Å². The number of aliphatic hydroxyl groups excluding tert-OH is 1. The van der Waals surface area contributed by atoms with Crippen LogP contribution in [-0.2, 0) is 6.54 Å². The predicted molar refractivity (Wildman–Crippen MR) is 97.4 cm³/mol. The summed E-state index contributed by atoms with van der Waals surface area (Å²) in [6.45, 7) is 0.754. The summed E-state index contributed by atoms with van der Waals surface area (Å²) in [6, 6.07) is 11.3. The topological polar surface area (TPSA) is 75.8 Å². The maximum atomic E-state index is 10.9. The van der Waals surface area contributed by atoms with Crippen molar-refractivity contribution in [3.8, 4) is 5.75 Å². The highest BCUT2D eigenvalue weighted by molar-refractivity contribution is 6.32. The number of hydrogen-bond acceptors (Lipinski definition) is 5. The van der Waals surface area contributed by atoms with E-state index in [0.717, 1.165) is 0 Å². The van der Waals surface area contributed by atoms with E-state index in [4.69, 9.17) is 27.9 Å². The lowest BCUT2D eigenvalue weighted by atomic mass is 10.2. The van der Waals surface area contributed by atoms with Crippen molar-refractivity contribution in [1.82, 2.24) is 4.90 Å². The molecule has 0 aliphatic heterocycles. The first-order valence-electron chi connectivity index (χ1n) is 7.53. The zero-order valence-electron chi connectivity index (χ0n) is 13.6. The molecule has 25 heavy (non-hydrogen) atoms. The Labute approximate surface area is 155 Å². The molecule has 0 aromatic heterocycles. The Balaban J connectivity index is 1.89. The highest BCUT2D eigenvalue weighted by atomic mass is 35.5. The van der Waals surface area contributed by atoms with E-state index in [-0.39, 0.29) is 12.3 Å². The fourth-order valence-electron chi connectivity index (χ4n) is 2.31. The van der Waals surface area contributed by atoms with Crippen LogP contribution in [0.3, 0.4) is 0 Å². The molecule has 2 aromatic rings. The van der Waals surface area contributed by atoms with Crippen LogP contribution in [0.4, 0.5) is 5.69 Å². The summed E-state index contributed by atoms with van der Waals surface area (Å²) in [5, 5.41) is 21.9. The number of rotatable bonds is 8. The average Bonchev–Trinajstić information content (AvgIpc) is 2.55. The molecule has 0 saturated heterocycles. The van der Waals surface area contributed by atoms with Gasteiger partial charge in [-0.05, 0) is 30.8 Å². The molecule has 1 atom stereocenters. The number of benzene rings is 2. The third-order valence-electron chi connectivity index (χ3n) is 3.47. The normalized spacial score (nSPS) is 12.2. The summed E-state index contributed by atoms with van der Waals surface area (Å²) < 4.78 is 5.50. The predicted octanol–water partition coefficient (Wildman–Crippen LogP) is 3.77. The van der Waals surface area contributed by atoms with E-state index >= 15 is 0 Å². The Kier molecular flexibility index (Phi) is 7.01. The van der Waals surface area contributed by atoms with Gasteiger partial charge in [0.15, 0.2) is 0 Å². The van der Waals surface area contributed by atoms with Crippen molar-refractivity contribution in [2.45, 2.75) is 12.6 Å². The number of non-ortho nitro benzene ring substituents is 1. The molecule has 6 nitrogen and oxygen atoms in total. The molecule has 2 aromatic carbocycles. The highest BCUT2D eigenvalue weighted by Gasteiger charge is 2.14. The number of aliphatic hydroxyl groups is 1. The van der Waals surface area contributed by atoms with Gasteiger partial charge in [-0.2, -0.15) is 0 Å². The third kappa shape index (κ3) is 5.86. The van der Waals surface area contributed by atoms with Crippen LogP contribution >= 0.6 is 23.2 Å². The monoisotopic (exact) mass is 384 g/mol. The van der Waals surface area contributed by atoms with Gasteiger partial charge >= 0.3 is 0 Å². The zero-order valence-corrected chi connectivity index (χ0v) is 15.1. The molecule has 1 unspecified atom stereocenters. The smallest absolute Gasteiger partial charge is 0.269 e. The van der Waals surface area contributed by atoms with Gasteiger partial charge in [0, 0.05) is 30.2 Å². The minimum absolute atomic E-state index is 0.0181. The molecule has 0 bridgehead atoms. The van der Waals surface area contributed by atoms with Gasteiger partial charge in [-0.25, -0.2) is 0 Å². The van der Waals surface area contributed by atoms with Gasteiger partial charge in [-0.1, -0.05) is 35.3 Å². The third-order valence-corrected chi connectivity index (χ3v) is 4.15. The number of halogens is 2. The molecule has 1 N–H and O–H groups in total. The second-order valence-corrected chi connectivity index (χ2v) is 6.44. The van der Waals surface area contributed by atoms with Gasteiger partial charge in [0.2, 0.25) is 0 Å². The van der Waals surface area contributed by atoms with Crippen LogP contribution in [-0.4, -0.2) is 41.2 Å². The van der Waals surface area contributed by atoms with Crippen LogP contribution in [0.1, 0.15) is 5.56 Å². The maximum Gasteiger partial charge on any atom is 0.269 e. The lowest BCUT2D eigenvalue weighted by molar-refractivity contribution is -0.384. The van der Waals surface area contributed by atoms with Gasteiger partial charge in [0.25, 0.3) is 5.69 Å². The van der Waals surface area contributed by atoms with Crippen molar-refractivity contribution >= 4 is 28.9 Å². The standard InChI is InChI=1S/C17H18Cl2N2O4/c1-20(9-12-8-13(21(23)24)6-7-15(12)18)10-14(22)11-25-17-5-3-2-4-16(17)19/h2-8,14,22H,9-11H2,1H3. The minimum atomic E-state index is -0.751. The SMILES string of the molecule is CN(Cc1cc([N+](=O)[O-])ccc1Cl)CC(O)COc1ccccc1Cl. The number of nitro groups is 1. The Morgan fingerprint density at radius 1 is 1.24 bits per heavy atom. The zero-order chi connectivity index (χ0) is 18.4. The first kappa shape index (κ1) is 19.5. The van der Waals surface area contributed by atoms with E-state index in [1.807, 2.05) is 4.90 Å². The van der Waals surface area contributed by atoms with Gasteiger partial charge in [0.1, 0.15) is 18.5 Å². The van der Waals surface area contributed by atoms with Gasteiger partial charge in [-0.15, -0.1) is 0 Å². The number of hydrogen-bond donors (Lipinski definition) is 1. The summed E-state index contributed by atoms with van der Waals surface area (Å²) in [4.78, 5) is 12.2. The van der Waals surface area contributed by atoms with Crippen LogP contribution < -0.4 is 4.74 Å². The van der Waals surface area contributed by atoms with Crippen LogP contribution in [0.15, 0.2) is 42.5 Å².